The second-order valence-electron chi connectivity index (χ2n) is 5.91. The van der Waals surface area contributed by atoms with Gasteiger partial charge in [-0.05, 0) is 31.9 Å². The van der Waals surface area contributed by atoms with Crippen LogP contribution < -0.4 is 4.72 Å². The Hall–Kier alpha value is -2.06. The maximum Gasteiger partial charge on any atom is 0.373 e. The topological polar surface area (TPSA) is 90.5 Å². The van der Waals surface area contributed by atoms with E-state index in [-0.39, 0.29) is 22.5 Å². The second kappa shape index (κ2) is 7.88. The van der Waals surface area contributed by atoms with Gasteiger partial charge >= 0.3 is 5.97 Å². The molecule has 0 saturated carbocycles. The summed E-state index contributed by atoms with van der Waals surface area (Å²) in [7, 11) is -0.610. The third-order valence-corrected chi connectivity index (χ3v) is 5.65. The second-order valence-corrected chi connectivity index (χ2v) is 7.60. The number of nitrogens with zero attached hydrogens (tertiary/aromatic N) is 1. The molecule has 1 unspecified atom stereocenters. The molecule has 0 aliphatic heterocycles. The highest BCUT2D eigenvalue weighted by Crippen LogP contribution is 2.22. The fourth-order valence-corrected chi connectivity index (χ4v) is 4.12. The molecule has 0 amide bonds. The molecule has 2 heterocycles. The van der Waals surface area contributed by atoms with E-state index in [1.165, 1.54) is 13.2 Å². The van der Waals surface area contributed by atoms with Crippen molar-refractivity contribution in [2.24, 2.45) is 7.05 Å². The summed E-state index contributed by atoms with van der Waals surface area (Å²) in [5.74, 6) is -0.577. The van der Waals surface area contributed by atoms with Crippen LogP contribution in [0.25, 0.3) is 0 Å². The molecule has 0 saturated heterocycles. The minimum absolute atomic E-state index is 0.0129. The van der Waals surface area contributed by atoms with Crippen LogP contribution in [0.4, 0.5) is 0 Å². The molecule has 1 N–H and O–H groups in total. The number of rotatable bonds is 8. The molecule has 2 aromatic rings. The molecule has 138 valence electrons. The lowest BCUT2D eigenvalue weighted by molar-refractivity contribution is 0.0563. The first-order valence-electron chi connectivity index (χ1n) is 8.12. The van der Waals surface area contributed by atoms with Crippen molar-refractivity contribution in [3.63, 3.8) is 0 Å². The van der Waals surface area contributed by atoms with Gasteiger partial charge < -0.3 is 13.7 Å². The van der Waals surface area contributed by atoms with Gasteiger partial charge in [-0.1, -0.05) is 6.92 Å². The first-order chi connectivity index (χ1) is 11.8. The van der Waals surface area contributed by atoms with E-state index < -0.39 is 16.0 Å². The van der Waals surface area contributed by atoms with Crippen LogP contribution in [0, 0.1) is 0 Å². The Kier molecular flexibility index (Phi) is 6.07. The van der Waals surface area contributed by atoms with Crippen LogP contribution in [0.3, 0.4) is 0 Å². The first-order valence-corrected chi connectivity index (χ1v) is 9.60. The lowest BCUT2D eigenvalue weighted by Crippen LogP contribution is -2.33. The predicted octanol–water partition coefficient (Wildman–Crippen LogP) is 2.27. The van der Waals surface area contributed by atoms with Gasteiger partial charge in [0.2, 0.25) is 15.8 Å². The number of aryl methyl sites for hydroxylation is 3. The Morgan fingerprint density at radius 1 is 1.44 bits per heavy atom. The van der Waals surface area contributed by atoms with Crippen LogP contribution in [0.2, 0.25) is 0 Å². The molecule has 7 nitrogen and oxygen atoms in total. The summed E-state index contributed by atoms with van der Waals surface area (Å²) >= 11 is 0. The summed E-state index contributed by atoms with van der Waals surface area (Å²) in [5.41, 5.74) is 1.14. The van der Waals surface area contributed by atoms with E-state index in [1.54, 1.807) is 6.92 Å². The molecule has 2 rings (SSSR count). The van der Waals surface area contributed by atoms with Gasteiger partial charge in [0.25, 0.3) is 0 Å². The van der Waals surface area contributed by atoms with E-state index >= 15 is 0 Å². The average molecular weight is 368 g/mol. The van der Waals surface area contributed by atoms with E-state index in [0.717, 1.165) is 12.1 Å². The van der Waals surface area contributed by atoms with E-state index in [2.05, 4.69) is 9.46 Å². The maximum atomic E-state index is 12.6. The van der Waals surface area contributed by atoms with Gasteiger partial charge in [0.1, 0.15) is 10.7 Å². The number of sulfonamides is 1. The molecule has 25 heavy (non-hydrogen) atoms. The molecular weight excluding hydrogens is 344 g/mol. The van der Waals surface area contributed by atoms with Crippen molar-refractivity contribution in [1.29, 1.82) is 0 Å². The first kappa shape index (κ1) is 19.3. The number of aromatic nitrogens is 1. The summed E-state index contributed by atoms with van der Waals surface area (Å²) in [4.78, 5) is 11.6. The average Bonchev–Trinajstić information content (AvgIpc) is 3.18. The largest absolute Gasteiger partial charge is 0.463 e. The fraction of sp³-hybridized carbons (Fsp3) is 0.471. The number of nitrogens with one attached hydrogen (secondary N) is 1. The summed E-state index contributed by atoms with van der Waals surface area (Å²) in [6.45, 7) is 3.57. The molecule has 0 aromatic carbocycles. The Morgan fingerprint density at radius 3 is 2.72 bits per heavy atom. The Bertz CT molecular complexity index is 835. The normalized spacial score (nSPS) is 13.0. The minimum atomic E-state index is -3.78. The number of methoxy groups -OCH3 is 1. The number of esters is 1. The highest BCUT2D eigenvalue weighted by molar-refractivity contribution is 7.89. The number of carbonyl (C=O) groups is 1. The van der Waals surface area contributed by atoms with Crippen LogP contribution in [0.1, 0.15) is 42.3 Å². The molecular formula is C17H24N2O5S. The summed E-state index contributed by atoms with van der Waals surface area (Å²) in [6.07, 6.45) is 3.72. The fourth-order valence-electron chi connectivity index (χ4n) is 2.59. The van der Waals surface area contributed by atoms with Gasteiger partial charge in [-0.15, -0.1) is 0 Å². The lowest BCUT2D eigenvalue weighted by atomic mass is 10.1. The van der Waals surface area contributed by atoms with Gasteiger partial charge in [0, 0.05) is 37.5 Å². The summed E-state index contributed by atoms with van der Waals surface area (Å²) in [6, 6.07) is 4.92. The van der Waals surface area contributed by atoms with Crippen molar-refractivity contribution in [2.45, 2.75) is 44.0 Å². The van der Waals surface area contributed by atoms with Crippen molar-refractivity contribution in [2.75, 3.05) is 7.11 Å². The maximum absolute atomic E-state index is 12.6. The van der Waals surface area contributed by atoms with Gasteiger partial charge in [0.05, 0.1) is 7.11 Å². The minimum Gasteiger partial charge on any atom is -0.463 e. The van der Waals surface area contributed by atoms with E-state index in [4.69, 9.17) is 4.42 Å². The molecule has 0 aliphatic carbocycles. The number of hydrogen-bond acceptors (Lipinski definition) is 5. The van der Waals surface area contributed by atoms with E-state index in [0.29, 0.717) is 12.8 Å². The van der Waals surface area contributed by atoms with E-state index in [9.17, 15) is 13.2 Å². The number of ether oxygens (including phenoxy) is 1. The van der Waals surface area contributed by atoms with Crippen molar-refractivity contribution in [3.8, 4) is 0 Å². The molecule has 8 heteroatoms. The highest BCUT2D eigenvalue weighted by atomic mass is 32.2. The summed E-state index contributed by atoms with van der Waals surface area (Å²) in [5, 5.41) is 0. The van der Waals surface area contributed by atoms with Crippen LogP contribution in [0.15, 0.2) is 33.7 Å². The predicted molar refractivity (Wildman–Crippen MR) is 92.9 cm³/mol. The third-order valence-electron chi connectivity index (χ3n) is 4.01. The number of carbonyl (C=O) groups excluding carboxylic acids is 1. The van der Waals surface area contributed by atoms with Crippen molar-refractivity contribution in [1.82, 2.24) is 9.29 Å². The van der Waals surface area contributed by atoms with Gasteiger partial charge in [-0.25, -0.2) is 17.9 Å². The molecule has 0 aliphatic rings. The number of furan rings is 1. The zero-order valence-electron chi connectivity index (χ0n) is 14.9. The molecule has 1 atom stereocenters. The van der Waals surface area contributed by atoms with Gasteiger partial charge in [-0.3, -0.25) is 0 Å². The van der Waals surface area contributed by atoms with Crippen molar-refractivity contribution >= 4 is 16.0 Å². The van der Waals surface area contributed by atoms with E-state index in [1.807, 2.05) is 36.9 Å². The van der Waals surface area contributed by atoms with Crippen molar-refractivity contribution < 1.29 is 22.4 Å². The Morgan fingerprint density at radius 2 is 2.16 bits per heavy atom. The van der Waals surface area contributed by atoms with Crippen LogP contribution >= 0.6 is 0 Å². The Balaban J connectivity index is 2.11. The monoisotopic (exact) mass is 368 g/mol. The SMILES string of the molecule is CCc1oc(C(=O)OC)cc1S(=O)(=O)NC(C)CCc1cccn1C. The molecule has 0 fully saturated rings. The standard InChI is InChI=1S/C17H24N2O5S/c1-5-14-16(11-15(24-14)17(20)23-4)25(21,22)18-12(2)8-9-13-7-6-10-19(13)3/h6-7,10-12,18H,5,8-9H2,1-4H3. The zero-order chi connectivity index (χ0) is 18.6. The lowest BCUT2D eigenvalue weighted by Gasteiger charge is -2.14. The van der Waals surface area contributed by atoms with Gasteiger partial charge in [0.15, 0.2) is 0 Å². The van der Waals surface area contributed by atoms with Crippen molar-refractivity contribution in [3.05, 3.63) is 41.6 Å². The quantitative estimate of drug-likeness (QED) is 0.722. The van der Waals surface area contributed by atoms with Gasteiger partial charge in [-0.2, -0.15) is 0 Å². The van der Waals surface area contributed by atoms with Crippen LogP contribution in [-0.4, -0.2) is 32.1 Å². The highest BCUT2D eigenvalue weighted by Gasteiger charge is 2.26. The Labute approximate surface area is 148 Å². The number of hydrogen-bond donors (Lipinski definition) is 1. The molecule has 0 spiro atoms. The van der Waals surface area contributed by atoms with Crippen LogP contribution in [-0.2, 0) is 34.6 Å². The smallest absolute Gasteiger partial charge is 0.373 e. The third kappa shape index (κ3) is 4.52. The molecule has 2 aromatic heterocycles. The zero-order valence-corrected chi connectivity index (χ0v) is 15.7. The summed E-state index contributed by atoms with van der Waals surface area (Å²) < 4.78 is 39.9. The van der Waals surface area contributed by atoms with Crippen LogP contribution in [0.5, 0.6) is 0 Å². The molecule has 0 radical (unpaired) electrons. The molecule has 0 bridgehead atoms.